The van der Waals surface area contributed by atoms with Gasteiger partial charge in [-0.25, -0.2) is 0 Å². The second-order valence-electron chi connectivity index (χ2n) is 4.85. The molecular formula is C15H17NO4. The van der Waals surface area contributed by atoms with Gasteiger partial charge in [0, 0.05) is 19.3 Å². The summed E-state index contributed by atoms with van der Waals surface area (Å²) >= 11 is 0. The fourth-order valence-electron chi connectivity index (χ4n) is 2.37. The normalized spacial score (nSPS) is 16.1. The highest BCUT2D eigenvalue weighted by atomic mass is 16.4. The van der Waals surface area contributed by atoms with E-state index >= 15 is 0 Å². The molecule has 1 heterocycles. The maximum atomic E-state index is 12.1. The Morgan fingerprint density at radius 3 is 2.30 bits per heavy atom. The van der Waals surface area contributed by atoms with Crippen LogP contribution in [-0.4, -0.2) is 22.9 Å². The van der Waals surface area contributed by atoms with Gasteiger partial charge in [-0.1, -0.05) is 18.2 Å². The number of nitrogens with zero attached hydrogens (tertiary/aromatic N) is 1. The van der Waals surface area contributed by atoms with E-state index in [2.05, 4.69) is 0 Å². The van der Waals surface area contributed by atoms with Gasteiger partial charge in [-0.2, -0.15) is 0 Å². The molecule has 0 atom stereocenters. The highest BCUT2D eigenvalue weighted by molar-refractivity contribution is 6.15. The lowest BCUT2D eigenvalue weighted by Crippen LogP contribution is -2.35. The summed E-state index contributed by atoms with van der Waals surface area (Å²) in [5.41, 5.74) is 1.25. The van der Waals surface area contributed by atoms with Crippen molar-refractivity contribution in [2.75, 3.05) is 4.90 Å². The molecular weight excluding hydrogens is 258 g/mol. The van der Waals surface area contributed by atoms with Gasteiger partial charge in [-0.3, -0.25) is 19.3 Å². The van der Waals surface area contributed by atoms with Gasteiger partial charge < -0.3 is 5.11 Å². The minimum absolute atomic E-state index is 0.0206. The Morgan fingerprint density at radius 1 is 1.10 bits per heavy atom. The average molecular weight is 275 g/mol. The van der Waals surface area contributed by atoms with E-state index in [1.807, 2.05) is 0 Å². The molecule has 0 aliphatic carbocycles. The van der Waals surface area contributed by atoms with E-state index in [4.69, 9.17) is 5.11 Å². The number of carbonyl (C=O) groups is 3. The number of hydrogen-bond acceptors (Lipinski definition) is 3. The molecule has 20 heavy (non-hydrogen) atoms. The second kappa shape index (κ2) is 6.32. The summed E-state index contributed by atoms with van der Waals surface area (Å²) in [6, 6.07) is 7.01. The predicted molar refractivity (Wildman–Crippen MR) is 73.4 cm³/mol. The smallest absolute Gasteiger partial charge is 0.303 e. The first-order chi connectivity index (χ1) is 9.59. The summed E-state index contributed by atoms with van der Waals surface area (Å²) in [7, 11) is 0. The quantitative estimate of drug-likeness (QED) is 0.854. The fourth-order valence-corrected chi connectivity index (χ4v) is 2.37. The molecule has 106 valence electrons. The lowest BCUT2D eigenvalue weighted by molar-refractivity contribution is -0.137. The largest absolute Gasteiger partial charge is 0.481 e. The van der Waals surface area contributed by atoms with E-state index in [0.29, 0.717) is 24.9 Å². The molecule has 1 fully saturated rings. The zero-order valence-electron chi connectivity index (χ0n) is 11.2. The van der Waals surface area contributed by atoms with Crippen molar-refractivity contribution in [1.29, 1.82) is 0 Å². The van der Waals surface area contributed by atoms with Crippen molar-refractivity contribution in [3.8, 4) is 0 Å². The van der Waals surface area contributed by atoms with Gasteiger partial charge in [0.15, 0.2) is 0 Å². The van der Waals surface area contributed by atoms with Crippen LogP contribution in [0.2, 0.25) is 0 Å². The van der Waals surface area contributed by atoms with Crippen molar-refractivity contribution >= 4 is 23.5 Å². The SMILES string of the molecule is O=C(O)CCc1ccccc1N1C(=O)CCCCC1=O. The molecule has 2 rings (SSSR count). The Hall–Kier alpha value is -2.17. The Balaban J connectivity index is 2.32. The zero-order chi connectivity index (χ0) is 14.5. The van der Waals surface area contributed by atoms with E-state index in [1.54, 1.807) is 24.3 Å². The van der Waals surface area contributed by atoms with Crippen LogP contribution in [0.1, 0.15) is 37.7 Å². The maximum absolute atomic E-state index is 12.1. The third-order valence-corrected chi connectivity index (χ3v) is 3.37. The highest BCUT2D eigenvalue weighted by Crippen LogP contribution is 2.26. The number of carboxylic acid groups (broad SMARTS) is 1. The van der Waals surface area contributed by atoms with Crippen molar-refractivity contribution in [3.63, 3.8) is 0 Å². The third kappa shape index (κ3) is 3.23. The van der Waals surface area contributed by atoms with E-state index in [-0.39, 0.29) is 18.2 Å². The molecule has 1 saturated heterocycles. The number of hydrogen-bond donors (Lipinski definition) is 1. The minimum Gasteiger partial charge on any atom is -0.481 e. The third-order valence-electron chi connectivity index (χ3n) is 3.37. The molecule has 1 aromatic rings. The summed E-state index contributed by atoms with van der Waals surface area (Å²) in [6.45, 7) is 0. The average Bonchev–Trinajstić information content (AvgIpc) is 2.58. The molecule has 0 spiro atoms. The van der Waals surface area contributed by atoms with Crippen LogP contribution in [0.3, 0.4) is 0 Å². The molecule has 1 N–H and O–H groups in total. The number of benzene rings is 1. The van der Waals surface area contributed by atoms with Gasteiger partial charge >= 0.3 is 5.97 Å². The van der Waals surface area contributed by atoms with E-state index in [1.165, 1.54) is 4.90 Å². The number of imide groups is 1. The summed E-state index contributed by atoms with van der Waals surface area (Å²) < 4.78 is 0. The van der Waals surface area contributed by atoms with Gasteiger partial charge in [-0.15, -0.1) is 0 Å². The molecule has 0 radical (unpaired) electrons. The van der Waals surface area contributed by atoms with Crippen molar-refractivity contribution in [3.05, 3.63) is 29.8 Å². The van der Waals surface area contributed by atoms with Crippen LogP contribution < -0.4 is 4.90 Å². The Labute approximate surface area is 117 Å². The van der Waals surface area contributed by atoms with Crippen LogP contribution in [-0.2, 0) is 20.8 Å². The number of rotatable bonds is 4. The molecule has 1 aliphatic rings. The van der Waals surface area contributed by atoms with Crippen LogP contribution in [0.25, 0.3) is 0 Å². The van der Waals surface area contributed by atoms with Gasteiger partial charge in [0.1, 0.15) is 0 Å². The van der Waals surface area contributed by atoms with E-state index < -0.39 is 5.97 Å². The van der Waals surface area contributed by atoms with Crippen molar-refractivity contribution in [2.45, 2.75) is 38.5 Å². The number of aliphatic carboxylic acids is 1. The Bertz CT molecular complexity index is 520. The van der Waals surface area contributed by atoms with Gasteiger partial charge in [0.05, 0.1) is 5.69 Å². The number of para-hydroxylation sites is 1. The van der Waals surface area contributed by atoms with Crippen molar-refractivity contribution < 1.29 is 19.5 Å². The molecule has 1 aliphatic heterocycles. The van der Waals surface area contributed by atoms with Crippen LogP contribution >= 0.6 is 0 Å². The van der Waals surface area contributed by atoms with E-state index in [0.717, 1.165) is 18.4 Å². The molecule has 5 nitrogen and oxygen atoms in total. The summed E-state index contributed by atoms with van der Waals surface area (Å²) in [6.07, 6.45) is 2.45. The summed E-state index contributed by atoms with van der Waals surface area (Å²) in [5, 5.41) is 8.78. The first-order valence-electron chi connectivity index (χ1n) is 6.75. The van der Waals surface area contributed by atoms with Crippen LogP contribution in [0.4, 0.5) is 5.69 Å². The fraction of sp³-hybridized carbons (Fsp3) is 0.400. The minimum atomic E-state index is -0.895. The van der Waals surface area contributed by atoms with Gasteiger partial charge in [0.2, 0.25) is 11.8 Å². The zero-order valence-corrected chi connectivity index (χ0v) is 11.2. The standard InChI is InChI=1S/C15H17NO4/c17-13-7-3-4-8-14(18)16(13)12-6-2-1-5-11(12)9-10-15(19)20/h1-2,5-6H,3-4,7-10H2,(H,19,20). The van der Waals surface area contributed by atoms with Crippen molar-refractivity contribution in [1.82, 2.24) is 0 Å². The highest BCUT2D eigenvalue weighted by Gasteiger charge is 2.27. The molecule has 0 unspecified atom stereocenters. The number of aryl methyl sites for hydroxylation is 1. The summed E-state index contributed by atoms with van der Waals surface area (Å²) in [5.74, 6) is -1.29. The molecule has 1 aromatic carbocycles. The van der Waals surface area contributed by atoms with Crippen LogP contribution in [0, 0.1) is 0 Å². The maximum Gasteiger partial charge on any atom is 0.303 e. The number of carboxylic acids is 1. The summed E-state index contributed by atoms with van der Waals surface area (Å²) in [4.78, 5) is 36.1. The number of anilines is 1. The first kappa shape index (κ1) is 14.2. The lowest BCUT2D eigenvalue weighted by atomic mass is 10.1. The molecule has 0 saturated carbocycles. The second-order valence-corrected chi connectivity index (χ2v) is 4.85. The molecule has 5 heteroatoms. The molecule has 0 bridgehead atoms. The monoisotopic (exact) mass is 275 g/mol. The number of carbonyl (C=O) groups excluding carboxylic acids is 2. The van der Waals surface area contributed by atoms with Crippen LogP contribution in [0.15, 0.2) is 24.3 Å². The predicted octanol–water partition coefficient (Wildman–Crippen LogP) is 2.14. The van der Waals surface area contributed by atoms with Crippen molar-refractivity contribution in [2.24, 2.45) is 0 Å². The first-order valence-corrected chi connectivity index (χ1v) is 6.75. The Morgan fingerprint density at radius 2 is 1.70 bits per heavy atom. The van der Waals surface area contributed by atoms with Crippen LogP contribution in [0.5, 0.6) is 0 Å². The molecule has 2 amide bonds. The lowest BCUT2D eigenvalue weighted by Gasteiger charge is -2.21. The van der Waals surface area contributed by atoms with Gasteiger partial charge in [0.25, 0.3) is 0 Å². The Kier molecular flexibility index (Phi) is 4.50. The van der Waals surface area contributed by atoms with Gasteiger partial charge in [-0.05, 0) is 30.9 Å². The molecule has 0 aromatic heterocycles. The van der Waals surface area contributed by atoms with E-state index in [9.17, 15) is 14.4 Å². The topological polar surface area (TPSA) is 74.7 Å². The number of amides is 2.